The van der Waals surface area contributed by atoms with E-state index >= 15 is 0 Å². The average molecular weight is 1320 g/mol. The van der Waals surface area contributed by atoms with E-state index in [0.717, 1.165) is 34.8 Å². The first-order valence-corrected chi connectivity index (χ1v) is 24.3. The SMILES string of the molecule is Cc1cc(C(=O)CS(C)(=O)=O)ccc1-c1cnc(F)c(Cl)c1.Cc1cc(C(=O)CS(C)(=O)=O)ccc1-c1cnc(Oc2cccc(Cl)c2Cl)c(Cl)c1.O=CO[O-].Oc1cccc(Cl)c1Cl.[Cs+].[Cs+].[H-]. The standard InChI is InChI=1S/C21H16Cl3NO4S.C15H13ClFNO3S.C6H4Cl2O.CH2O3.2Cs.H/c1-12-8-13(18(26)11-30(2,27)28)6-7-15(12)14-9-17(23)21(25-10-14)29-19-5-3-4-16(22)20(19)24;1-9-5-10(14(19)8-22(2,20)21)3-4-12(9)11-6-13(16)15(17)18-7-11;7-4-2-1-3-5(9)6(4)8;2-1-4-3;;;/h3-10H,11H2,1-2H3;3-7H,8H2,1-2H3;1-3,9H;1,3H;;;/q;;;;2*+1;-1/p-1. The molecular weight excluding hydrogens is 1280 g/mol. The number of phenolic OH excluding ortho intramolecular Hbond substituents is 1. The molecule has 4 aromatic carbocycles. The largest absolute Gasteiger partial charge is 1.00 e. The summed E-state index contributed by atoms with van der Waals surface area (Å²) in [5.74, 6) is -2.21. The summed E-state index contributed by atoms with van der Waals surface area (Å²) in [6.45, 7) is 3.40. The molecule has 2 aromatic heterocycles. The number of halogens is 7. The maximum absolute atomic E-state index is 13.1. The number of carbonyl (C=O) groups is 3. The van der Waals surface area contributed by atoms with E-state index in [2.05, 4.69) is 14.9 Å². The zero-order valence-electron chi connectivity index (χ0n) is 37.1. The molecule has 24 heteroatoms. The van der Waals surface area contributed by atoms with Gasteiger partial charge in [0.2, 0.25) is 11.8 Å². The van der Waals surface area contributed by atoms with E-state index in [-0.39, 0.29) is 177 Å². The van der Waals surface area contributed by atoms with E-state index < -0.39 is 48.7 Å². The second-order valence-corrected chi connectivity index (χ2v) is 20.1. The number of aryl methyl sites for hydroxylation is 2. The number of nitrogens with zero attached hydrogens (tertiary/aromatic N) is 2. The smallest absolute Gasteiger partial charge is 1.00 e. The summed E-state index contributed by atoms with van der Waals surface area (Å²) in [5, 5.41) is 18.7. The predicted octanol–water partition coefficient (Wildman–Crippen LogP) is 4.37. The first-order chi connectivity index (χ1) is 30.3. The second kappa shape index (κ2) is 30.3. The van der Waals surface area contributed by atoms with E-state index in [4.69, 9.17) is 89.5 Å². The molecule has 0 saturated carbocycles. The van der Waals surface area contributed by atoms with Crippen molar-refractivity contribution in [2.24, 2.45) is 0 Å². The van der Waals surface area contributed by atoms with E-state index in [0.29, 0.717) is 38.0 Å². The Bertz CT molecular complexity index is 2940. The van der Waals surface area contributed by atoms with E-state index in [1.165, 1.54) is 24.4 Å². The molecule has 0 saturated heterocycles. The number of Topliss-reactive ketones (excluding diaryl/α,β-unsaturated/α-hetero) is 2. The molecular formula is C43H35Cl6Cs2FN2O11S2. The Kier molecular flexibility index (Phi) is 29.1. The van der Waals surface area contributed by atoms with Gasteiger partial charge in [0.15, 0.2) is 31.2 Å². The van der Waals surface area contributed by atoms with Crippen molar-refractivity contribution in [3.63, 3.8) is 0 Å². The van der Waals surface area contributed by atoms with Crippen LogP contribution in [0.3, 0.4) is 0 Å². The number of hydrogen-bond acceptors (Lipinski definition) is 13. The van der Waals surface area contributed by atoms with Crippen molar-refractivity contribution in [3.05, 3.63) is 156 Å². The molecule has 0 atom stereocenters. The number of hydrogen-bond donors (Lipinski definition) is 1. The Morgan fingerprint density at radius 1 is 0.687 bits per heavy atom. The Labute approximate surface area is 535 Å². The molecule has 6 rings (SSSR count). The molecule has 0 fully saturated rings. The van der Waals surface area contributed by atoms with Crippen LogP contribution in [0.15, 0.2) is 97.3 Å². The van der Waals surface area contributed by atoms with Gasteiger partial charge in [-0.05, 0) is 84.6 Å². The van der Waals surface area contributed by atoms with Crippen molar-refractivity contribution in [2.75, 3.05) is 24.0 Å². The molecule has 0 bridgehead atoms. The number of pyridine rings is 2. The molecule has 0 aliphatic carbocycles. The molecule has 0 unspecified atom stereocenters. The fourth-order valence-electron chi connectivity index (χ4n) is 5.34. The number of aromatic hydroxyl groups is 1. The predicted molar refractivity (Wildman–Crippen MR) is 250 cm³/mol. The quantitative estimate of drug-likeness (QED) is 0.0630. The summed E-state index contributed by atoms with van der Waals surface area (Å²) >= 11 is 35.2. The van der Waals surface area contributed by atoms with Crippen LogP contribution in [0.4, 0.5) is 4.39 Å². The number of rotatable bonds is 11. The monoisotopic (exact) mass is 1310 g/mol. The molecule has 0 radical (unpaired) electrons. The van der Waals surface area contributed by atoms with Crippen LogP contribution in [0.2, 0.25) is 30.1 Å². The van der Waals surface area contributed by atoms with Crippen molar-refractivity contribution >= 4 is 107 Å². The van der Waals surface area contributed by atoms with Gasteiger partial charge in [0.1, 0.15) is 38.1 Å². The summed E-state index contributed by atoms with van der Waals surface area (Å²) < 4.78 is 63.8. The molecule has 6 aromatic rings. The maximum atomic E-state index is 13.1. The Morgan fingerprint density at radius 2 is 1.12 bits per heavy atom. The van der Waals surface area contributed by atoms with Crippen LogP contribution >= 0.6 is 69.6 Å². The van der Waals surface area contributed by atoms with Crippen LogP contribution < -0.4 is 148 Å². The number of ketones is 2. The second-order valence-electron chi connectivity index (χ2n) is 13.5. The third kappa shape index (κ3) is 21.5. The number of phenols is 1. The Balaban J connectivity index is 0.00000103. The molecule has 2 heterocycles. The van der Waals surface area contributed by atoms with Gasteiger partial charge in [-0.15, -0.1) is 0 Å². The van der Waals surface area contributed by atoms with Crippen LogP contribution in [-0.4, -0.2) is 74.0 Å². The fourth-order valence-corrected chi connectivity index (χ4v) is 7.62. The van der Waals surface area contributed by atoms with Crippen LogP contribution in [0.25, 0.3) is 22.3 Å². The molecule has 0 spiro atoms. The molecule has 67 heavy (non-hydrogen) atoms. The molecule has 346 valence electrons. The summed E-state index contributed by atoms with van der Waals surface area (Å²) in [5.41, 5.74) is 5.03. The third-order valence-electron chi connectivity index (χ3n) is 8.20. The van der Waals surface area contributed by atoms with Crippen molar-refractivity contribution in [1.82, 2.24) is 9.97 Å². The van der Waals surface area contributed by atoms with Gasteiger partial charge in [0.05, 0.1) is 15.1 Å². The minimum atomic E-state index is -3.40. The molecule has 0 aliphatic rings. The number of carbonyl (C=O) groups excluding carboxylic acids is 3. The number of benzene rings is 4. The summed E-state index contributed by atoms with van der Waals surface area (Å²) in [4.78, 5) is 43.1. The van der Waals surface area contributed by atoms with Gasteiger partial charge in [-0.2, -0.15) is 4.39 Å². The van der Waals surface area contributed by atoms with Crippen LogP contribution in [-0.2, 0) is 29.4 Å². The van der Waals surface area contributed by atoms with Gasteiger partial charge in [0, 0.05) is 47.2 Å². The van der Waals surface area contributed by atoms with Gasteiger partial charge in [-0.1, -0.05) is 106 Å². The number of aromatic nitrogens is 2. The number of sulfone groups is 2. The van der Waals surface area contributed by atoms with Crippen molar-refractivity contribution in [2.45, 2.75) is 13.8 Å². The van der Waals surface area contributed by atoms with Crippen LogP contribution in [0.1, 0.15) is 33.3 Å². The summed E-state index contributed by atoms with van der Waals surface area (Å²) in [6, 6.07) is 22.6. The van der Waals surface area contributed by atoms with Gasteiger partial charge >= 0.3 is 138 Å². The van der Waals surface area contributed by atoms with Crippen LogP contribution in [0.5, 0.6) is 17.4 Å². The van der Waals surface area contributed by atoms with Gasteiger partial charge in [0.25, 0.3) is 6.47 Å². The van der Waals surface area contributed by atoms with Crippen molar-refractivity contribution < 1.29 is 195 Å². The fraction of sp³-hybridized carbons (Fsp3) is 0.140. The normalized spacial score (nSPS) is 10.4. The minimum Gasteiger partial charge on any atom is -1.00 e. The first-order valence-electron chi connectivity index (χ1n) is 17.9. The van der Waals surface area contributed by atoms with Crippen molar-refractivity contribution in [3.8, 4) is 39.6 Å². The van der Waals surface area contributed by atoms with Gasteiger partial charge < -0.3 is 21.4 Å². The molecule has 0 aliphatic heterocycles. The maximum Gasteiger partial charge on any atom is 1.00 e. The van der Waals surface area contributed by atoms with Crippen LogP contribution in [0, 0.1) is 19.8 Å². The van der Waals surface area contributed by atoms with E-state index in [1.54, 1.807) is 79.9 Å². The molecule has 0 amide bonds. The van der Waals surface area contributed by atoms with Gasteiger partial charge in [-0.3, -0.25) is 14.4 Å². The molecule has 1 N–H and O–H groups in total. The summed E-state index contributed by atoms with van der Waals surface area (Å²) in [7, 11) is -6.77. The average Bonchev–Trinajstić information content (AvgIpc) is 3.22. The topological polar surface area (TPSA) is 207 Å². The van der Waals surface area contributed by atoms with Crippen molar-refractivity contribution in [1.29, 1.82) is 0 Å². The summed E-state index contributed by atoms with van der Waals surface area (Å²) in [6.07, 6.45) is 4.97. The zero-order valence-corrected chi connectivity index (χ0v) is 54.8. The first kappa shape index (κ1) is 64.2. The minimum absolute atomic E-state index is 0. The van der Waals surface area contributed by atoms with E-state index in [1.807, 2.05) is 6.92 Å². The molecule has 13 nitrogen and oxygen atoms in total. The third-order valence-corrected chi connectivity index (χ3v) is 11.9. The number of ether oxygens (including phenoxy) is 1. The Hall–Kier alpha value is -0.776. The Morgan fingerprint density at radius 3 is 1.51 bits per heavy atom. The van der Waals surface area contributed by atoms with Gasteiger partial charge in [-0.25, -0.2) is 26.8 Å². The van der Waals surface area contributed by atoms with E-state index in [9.17, 15) is 30.8 Å². The zero-order chi connectivity index (χ0) is 48.8.